The Balaban J connectivity index is 0.00000312. The molecule has 0 N–H and O–H groups in total. The minimum atomic E-state index is -1.69. The van der Waals surface area contributed by atoms with Gasteiger partial charge in [-0.05, 0) is 0 Å². The molecular weight excluding hydrogens is 415 g/mol. The van der Waals surface area contributed by atoms with E-state index in [1.165, 1.54) is 5.56 Å². The van der Waals surface area contributed by atoms with Gasteiger partial charge in [-0.3, -0.25) is 0 Å². The number of hydrogen-bond acceptors (Lipinski definition) is 1. The maximum atomic E-state index is 6.75. The van der Waals surface area contributed by atoms with Gasteiger partial charge in [-0.15, -0.1) is 24.8 Å². The molecule has 0 unspecified atom stereocenters. The summed E-state index contributed by atoms with van der Waals surface area (Å²) < 4.78 is 8.42. The number of allylic oxidation sites excluding steroid dienone is 4. The van der Waals surface area contributed by atoms with Gasteiger partial charge in [-0.25, -0.2) is 0 Å². The maximum absolute atomic E-state index is 6.75. The van der Waals surface area contributed by atoms with E-state index in [1.54, 1.807) is 9.45 Å². The Morgan fingerprint density at radius 2 is 1.58 bits per heavy atom. The van der Waals surface area contributed by atoms with Gasteiger partial charge in [0.15, 0.2) is 0 Å². The van der Waals surface area contributed by atoms with Crippen LogP contribution in [0.3, 0.4) is 0 Å². The minimum absolute atomic E-state index is 0. The molecule has 0 aliphatic heterocycles. The van der Waals surface area contributed by atoms with E-state index in [2.05, 4.69) is 91.1 Å². The smallest absolute Gasteiger partial charge is 0.147 e. The van der Waals surface area contributed by atoms with Crippen LogP contribution >= 0.6 is 24.8 Å². The van der Waals surface area contributed by atoms with Gasteiger partial charge in [0.1, 0.15) is 0 Å². The van der Waals surface area contributed by atoms with Crippen molar-refractivity contribution < 1.29 is 20.8 Å². The van der Waals surface area contributed by atoms with Gasteiger partial charge in [0, 0.05) is 0 Å². The first-order valence-corrected chi connectivity index (χ1v) is 16.1. The average Bonchev–Trinajstić information content (AvgIpc) is 2.93. The van der Waals surface area contributed by atoms with Crippen molar-refractivity contribution in [2.24, 2.45) is 5.41 Å². The van der Waals surface area contributed by atoms with Gasteiger partial charge in [-0.2, -0.15) is 0 Å². The van der Waals surface area contributed by atoms with Crippen LogP contribution in [0.15, 0.2) is 45.9 Å². The predicted octanol–water partition coefficient (Wildman–Crippen LogP) is 6.98. The summed E-state index contributed by atoms with van der Waals surface area (Å²) in [5, 5.41) is 0. The van der Waals surface area contributed by atoms with Gasteiger partial charge in [0.2, 0.25) is 0 Å². The van der Waals surface area contributed by atoms with Crippen LogP contribution < -0.4 is 3.32 Å². The minimum Gasteiger partial charge on any atom is -0.147 e. The van der Waals surface area contributed by atoms with Crippen molar-refractivity contribution in [1.82, 2.24) is 0 Å². The second kappa shape index (κ2) is 9.98. The molecular formula is C21H35Cl2OSiTi. The van der Waals surface area contributed by atoms with Gasteiger partial charge in [-0.1, -0.05) is 0 Å². The van der Waals surface area contributed by atoms with Crippen LogP contribution in [0, 0.1) is 5.41 Å². The van der Waals surface area contributed by atoms with E-state index >= 15 is 0 Å². The van der Waals surface area contributed by atoms with Crippen molar-refractivity contribution in [3.05, 3.63) is 51.4 Å². The maximum Gasteiger partial charge on any atom is -0.147 e. The van der Waals surface area contributed by atoms with Crippen LogP contribution in [0.4, 0.5) is 0 Å². The van der Waals surface area contributed by atoms with Crippen molar-refractivity contribution in [3.63, 3.8) is 0 Å². The molecule has 1 aromatic rings. The molecule has 5 heteroatoms. The molecule has 0 heterocycles. The Morgan fingerprint density at radius 3 is 2.08 bits per heavy atom. The summed E-state index contributed by atoms with van der Waals surface area (Å²) in [6.45, 7) is 17.9. The third-order valence-corrected chi connectivity index (χ3v) is 14.8. The Labute approximate surface area is 180 Å². The van der Waals surface area contributed by atoms with Crippen LogP contribution in [0.1, 0.15) is 53.5 Å². The van der Waals surface area contributed by atoms with Gasteiger partial charge in [0.05, 0.1) is 0 Å². The number of benzene rings is 1. The summed E-state index contributed by atoms with van der Waals surface area (Å²) in [5.41, 5.74) is 3.29. The fraction of sp³-hybridized carbons (Fsp3) is 0.524. The van der Waals surface area contributed by atoms with E-state index in [0.717, 1.165) is 12.2 Å². The average molecular weight is 450 g/mol. The fourth-order valence-electron chi connectivity index (χ4n) is 3.12. The third kappa shape index (κ3) is 6.56. The van der Waals surface area contributed by atoms with E-state index in [1.807, 2.05) is 0 Å². The normalized spacial score (nSPS) is 14.2. The summed E-state index contributed by atoms with van der Waals surface area (Å²) in [6, 6.07) is 8.79. The first-order chi connectivity index (χ1) is 11.0. The van der Waals surface area contributed by atoms with Gasteiger partial charge >= 0.3 is 157 Å². The molecule has 1 nitrogen and oxygen atoms in total. The molecule has 0 saturated heterocycles. The standard InChI is InChI=1S/C10H14O.C9H13.C2H7Si.2ClH.Ti/c1-10(2,3)8-5-4-6-9(11)7-8;1-9(2,3)8-6-4-5-7-8;1-3-2;;;/h4-7,11H,1-3H3;4,6H,5H2,1-3H3;3H,1-2H3;2*1H;/q;;;;;+1/p-1. The zero-order valence-corrected chi connectivity index (χ0v) is 21.8. The summed E-state index contributed by atoms with van der Waals surface area (Å²) >= 11 is -1.69. The van der Waals surface area contributed by atoms with E-state index in [-0.39, 0.29) is 35.6 Å². The van der Waals surface area contributed by atoms with Gasteiger partial charge < -0.3 is 0 Å². The summed E-state index contributed by atoms with van der Waals surface area (Å²) in [4.78, 5) is 0. The Morgan fingerprint density at radius 1 is 0.962 bits per heavy atom. The van der Waals surface area contributed by atoms with Crippen molar-refractivity contribution in [1.29, 1.82) is 0 Å². The molecule has 1 aliphatic rings. The summed E-state index contributed by atoms with van der Waals surface area (Å²) in [7, 11) is 0. The molecule has 0 radical (unpaired) electrons. The van der Waals surface area contributed by atoms with Crippen LogP contribution in [0.2, 0.25) is 13.1 Å². The summed E-state index contributed by atoms with van der Waals surface area (Å²) in [6.07, 6.45) is 5.81. The molecule has 1 aromatic carbocycles. The molecule has 147 valence electrons. The molecule has 0 fully saturated rings. The third-order valence-electron chi connectivity index (χ3n) is 4.49. The van der Waals surface area contributed by atoms with Crippen molar-refractivity contribution in [2.75, 3.05) is 0 Å². The van der Waals surface area contributed by atoms with Crippen LogP contribution in [-0.2, 0) is 22.9 Å². The Bertz CT molecular complexity index is 655. The van der Waals surface area contributed by atoms with Crippen molar-refractivity contribution >= 4 is 31.5 Å². The van der Waals surface area contributed by atoms with E-state index in [0.29, 0.717) is 0 Å². The second-order valence-electron chi connectivity index (χ2n) is 9.15. The molecule has 0 bridgehead atoms. The molecule has 0 aromatic heterocycles. The number of hydrogen-bond donors (Lipinski definition) is 0. The first-order valence-electron chi connectivity index (χ1n) is 9.06. The largest absolute Gasteiger partial charge is 0.147 e. The second-order valence-corrected chi connectivity index (χ2v) is 21.4. The summed E-state index contributed by atoms with van der Waals surface area (Å²) in [5.74, 6) is 1.09. The van der Waals surface area contributed by atoms with Crippen LogP contribution in [0.5, 0.6) is 5.75 Å². The fourth-order valence-corrected chi connectivity index (χ4v) is 12.5. The zero-order valence-electron chi connectivity index (χ0n) is 17.5. The van der Waals surface area contributed by atoms with E-state index in [9.17, 15) is 0 Å². The first kappa shape index (κ1) is 26.0. The van der Waals surface area contributed by atoms with Crippen LogP contribution in [0.25, 0.3) is 0 Å². The van der Waals surface area contributed by atoms with Crippen molar-refractivity contribution in [2.45, 2.75) is 66.5 Å². The quantitative estimate of drug-likeness (QED) is 0.450. The Hall–Kier alpha value is 0.0112. The Kier molecular flexibility index (Phi) is 9.98. The molecule has 0 saturated carbocycles. The molecule has 0 spiro atoms. The number of rotatable bonds is 4. The van der Waals surface area contributed by atoms with Crippen LogP contribution in [-0.4, -0.2) is 6.66 Å². The monoisotopic (exact) mass is 449 g/mol. The van der Waals surface area contributed by atoms with Gasteiger partial charge in [0.25, 0.3) is 0 Å². The SMILES string of the molecule is C[SiH](C)[Ti]([O]c1cccc(C(C)(C)C)c1)[C]1=C(C(C)(C)C)C=CC1.Cl.Cl. The zero-order chi connectivity index (χ0) is 18.1. The molecule has 26 heavy (non-hydrogen) atoms. The van der Waals surface area contributed by atoms with E-state index in [4.69, 9.17) is 3.32 Å². The topological polar surface area (TPSA) is 9.23 Å². The molecule has 0 atom stereocenters. The van der Waals surface area contributed by atoms with Crippen molar-refractivity contribution in [3.8, 4) is 5.75 Å². The molecule has 0 amide bonds. The van der Waals surface area contributed by atoms with E-state index < -0.39 is 24.2 Å². The molecule has 1 aliphatic carbocycles. The molecule has 2 rings (SSSR count). The predicted molar refractivity (Wildman–Crippen MR) is 119 cm³/mol. The number of halogens is 2.